The molecule has 0 unspecified atom stereocenters. The van der Waals surface area contributed by atoms with E-state index in [1.54, 1.807) is 23.2 Å². The van der Waals surface area contributed by atoms with Gasteiger partial charge in [0, 0.05) is 25.0 Å². The first-order valence-electron chi connectivity index (χ1n) is 11.5. The molecule has 2 fully saturated rings. The van der Waals surface area contributed by atoms with E-state index in [9.17, 15) is 27.2 Å². The number of aliphatic carboxylic acids is 1. The van der Waals surface area contributed by atoms with Crippen molar-refractivity contribution in [3.8, 4) is 0 Å². The normalized spacial score (nSPS) is 17.2. The largest absolute Gasteiger partial charge is 0.490 e. The van der Waals surface area contributed by atoms with Crippen molar-refractivity contribution in [1.82, 2.24) is 25.5 Å². The monoisotopic (exact) mass is 513 g/mol. The molecule has 9 nitrogen and oxygen atoms in total. The van der Waals surface area contributed by atoms with Gasteiger partial charge in [-0.15, -0.1) is 0 Å². The average Bonchev–Trinajstić information content (AvgIpc) is 3.35. The number of aromatic nitrogens is 2. The van der Waals surface area contributed by atoms with Crippen LogP contribution in [-0.2, 0) is 4.79 Å². The van der Waals surface area contributed by atoms with Crippen molar-refractivity contribution in [3.05, 3.63) is 53.4 Å². The Labute approximate surface area is 204 Å². The fraction of sp³-hybridized carbons (Fsp3) is 0.478. The molecule has 1 aromatic heterocycles. The van der Waals surface area contributed by atoms with Crippen LogP contribution in [-0.4, -0.2) is 76.2 Å². The van der Waals surface area contributed by atoms with Gasteiger partial charge in [-0.25, -0.2) is 14.2 Å². The Balaban J connectivity index is 0.000000454. The van der Waals surface area contributed by atoms with Gasteiger partial charge < -0.3 is 25.6 Å². The fourth-order valence-corrected chi connectivity index (χ4v) is 4.05. The number of imidazole rings is 1. The molecular weight excluding hydrogens is 486 g/mol. The number of halogens is 4. The van der Waals surface area contributed by atoms with Gasteiger partial charge in [-0.1, -0.05) is 12.1 Å². The SMILES string of the molecule is O=C(NC1CCN(C(=O)c2ccccc2F)CC1)c1cnc(C2CCNCC2)[nH]1.O=C(O)C(F)(F)F. The van der Waals surface area contributed by atoms with Crippen LogP contribution in [0.5, 0.6) is 0 Å². The molecular formula is C23H27F4N5O4. The number of nitrogens with one attached hydrogen (secondary N) is 3. The Kier molecular flexibility index (Phi) is 9.02. The number of nitrogens with zero attached hydrogens (tertiary/aromatic N) is 2. The maximum absolute atomic E-state index is 13.9. The molecule has 0 atom stereocenters. The number of alkyl halides is 3. The smallest absolute Gasteiger partial charge is 0.475 e. The third kappa shape index (κ3) is 7.26. The molecule has 0 bridgehead atoms. The molecule has 4 N–H and O–H groups in total. The number of carboxylic acids is 1. The van der Waals surface area contributed by atoms with E-state index in [0.29, 0.717) is 37.5 Å². The number of carbonyl (C=O) groups excluding carboxylic acids is 2. The Bertz CT molecular complexity index is 1060. The summed E-state index contributed by atoms with van der Waals surface area (Å²) in [6.07, 6.45) is -0.169. The van der Waals surface area contributed by atoms with E-state index in [4.69, 9.17) is 9.90 Å². The molecule has 2 saturated heterocycles. The van der Waals surface area contributed by atoms with E-state index in [2.05, 4.69) is 20.6 Å². The summed E-state index contributed by atoms with van der Waals surface area (Å²) in [6.45, 7) is 2.91. The molecule has 2 aromatic rings. The number of amides is 2. The Morgan fingerprint density at radius 1 is 1.06 bits per heavy atom. The van der Waals surface area contributed by atoms with Crippen molar-refractivity contribution in [2.75, 3.05) is 26.2 Å². The maximum atomic E-state index is 13.9. The van der Waals surface area contributed by atoms with Gasteiger partial charge >= 0.3 is 12.1 Å². The highest BCUT2D eigenvalue weighted by Crippen LogP contribution is 2.22. The van der Waals surface area contributed by atoms with Gasteiger partial charge in [0.2, 0.25) is 0 Å². The van der Waals surface area contributed by atoms with Crippen molar-refractivity contribution in [2.45, 2.75) is 43.8 Å². The minimum Gasteiger partial charge on any atom is -0.475 e. The second-order valence-electron chi connectivity index (χ2n) is 8.53. The summed E-state index contributed by atoms with van der Waals surface area (Å²) in [4.78, 5) is 43.2. The molecule has 13 heteroatoms. The number of H-pyrrole nitrogens is 1. The minimum absolute atomic E-state index is 0.0159. The first kappa shape index (κ1) is 27.1. The van der Waals surface area contributed by atoms with Crippen molar-refractivity contribution in [3.63, 3.8) is 0 Å². The quantitative estimate of drug-likeness (QED) is 0.466. The summed E-state index contributed by atoms with van der Waals surface area (Å²) in [7, 11) is 0. The first-order chi connectivity index (χ1) is 17.1. The third-order valence-electron chi connectivity index (χ3n) is 6.03. The predicted molar refractivity (Wildman–Crippen MR) is 120 cm³/mol. The molecule has 0 aliphatic carbocycles. The molecule has 3 heterocycles. The minimum atomic E-state index is -5.08. The number of piperidine rings is 2. The summed E-state index contributed by atoms with van der Waals surface area (Å²) in [6, 6.07) is 6.01. The zero-order valence-electron chi connectivity index (χ0n) is 19.3. The summed E-state index contributed by atoms with van der Waals surface area (Å²) >= 11 is 0. The summed E-state index contributed by atoms with van der Waals surface area (Å²) in [5.41, 5.74) is 0.571. The first-order valence-corrected chi connectivity index (χ1v) is 11.5. The van der Waals surface area contributed by atoms with Crippen LogP contribution in [0.15, 0.2) is 30.5 Å². The Morgan fingerprint density at radius 2 is 1.67 bits per heavy atom. The molecule has 196 valence electrons. The van der Waals surface area contributed by atoms with Crippen LogP contribution in [0, 0.1) is 5.82 Å². The highest BCUT2D eigenvalue weighted by molar-refractivity contribution is 5.94. The number of aromatic amines is 1. The number of hydrogen-bond donors (Lipinski definition) is 4. The molecule has 0 radical (unpaired) electrons. The van der Waals surface area contributed by atoms with E-state index in [0.717, 1.165) is 31.8 Å². The second kappa shape index (κ2) is 12.0. The van der Waals surface area contributed by atoms with Crippen molar-refractivity contribution >= 4 is 17.8 Å². The standard InChI is InChI=1S/C21H26FN5O2.C2HF3O2/c22-17-4-2-1-3-16(17)21(29)27-11-7-15(8-12-27)25-20(28)18-13-24-19(26-18)14-5-9-23-10-6-14;3-2(4,5)1(6)7/h1-4,13-15,23H,5-12H2,(H,24,26)(H,25,28);(H,6,7). The van der Waals surface area contributed by atoms with Crippen LogP contribution in [0.2, 0.25) is 0 Å². The molecule has 0 spiro atoms. The van der Waals surface area contributed by atoms with E-state index in [1.807, 2.05) is 0 Å². The molecule has 36 heavy (non-hydrogen) atoms. The summed E-state index contributed by atoms with van der Waals surface area (Å²) in [5, 5.41) is 13.5. The van der Waals surface area contributed by atoms with Crippen LogP contribution < -0.4 is 10.6 Å². The van der Waals surface area contributed by atoms with Crippen LogP contribution in [0.1, 0.15) is 58.3 Å². The topological polar surface area (TPSA) is 127 Å². The lowest BCUT2D eigenvalue weighted by molar-refractivity contribution is -0.192. The van der Waals surface area contributed by atoms with Gasteiger partial charge in [-0.3, -0.25) is 9.59 Å². The van der Waals surface area contributed by atoms with Gasteiger partial charge in [0.05, 0.1) is 11.8 Å². The Morgan fingerprint density at radius 3 is 2.25 bits per heavy atom. The zero-order chi connectivity index (χ0) is 26.3. The Hall–Kier alpha value is -3.48. The summed E-state index contributed by atoms with van der Waals surface area (Å²) in [5.74, 6) is -2.48. The van der Waals surface area contributed by atoms with E-state index >= 15 is 0 Å². The van der Waals surface area contributed by atoms with E-state index < -0.39 is 18.0 Å². The number of carboxylic acid groups (broad SMARTS) is 1. The van der Waals surface area contributed by atoms with Gasteiger partial charge in [-0.05, 0) is 50.9 Å². The molecule has 2 amide bonds. The van der Waals surface area contributed by atoms with Gasteiger partial charge in [0.15, 0.2) is 0 Å². The number of benzene rings is 1. The van der Waals surface area contributed by atoms with Crippen LogP contribution in [0.3, 0.4) is 0 Å². The van der Waals surface area contributed by atoms with E-state index in [-0.39, 0.29) is 23.4 Å². The number of hydrogen-bond acceptors (Lipinski definition) is 5. The fourth-order valence-electron chi connectivity index (χ4n) is 4.05. The van der Waals surface area contributed by atoms with Gasteiger partial charge in [-0.2, -0.15) is 13.2 Å². The molecule has 4 rings (SSSR count). The summed E-state index contributed by atoms with van der Waals surface area (Å²) < 4.78 is 45.6. The lowest BCUT2D eigenvalue weighted by Crippen LogP contribution is -2.46. The maximum Gasteiger partial charge on any atom is 0.490 e. The van der Waals surface area contributed by atoms with Crippen LogP contribution in [0.4, 0.5) is 17.6 Å². The predicted octanol–water partition coefficient (Wildman–Crippen LogP) is 2.68. The van der Waals surface area contributed by atoms with Crippen LogP contribution in [0.25, 0.3) is 0 Å². The lowest BCUT2D eigenvalue weighted by Gasteiger charge is -2.32. The number of carbonyl (C=O) groups is 3. The second-order valence-corrected chi connectivity index (χ2v) is 8.53. The third-order valence-corrected chi connectivity index (χ3v) is 6.03. The molecule has 0 saturated carbocycles. The van der Waals surface area contributed by atoms with Gasteiger partial charge in [0.25, 0.3) is 11.8 Å². The molecule has 2 aliphatic heterocycles. The van der Waals surface area contributed by atoms with Crippen molar-refractivity contribution in [2.24, 2.45) is 0 Å². The number of likely N-dealkylation sites (tertiary alicyclic amines) is 1. The average molecular weight is 513 g/mol. The zero-order valence-corrected chi connectivity index (χ0v) is 19.3. The van der Waals surface area contributed by atoms with Crippen molar-refractivity contribution in [1.29, 1.82) is 0 Å². The molecule has 1 aromatic carbocycles. The number of rotatable bonds is 4. The lowest BCUT2D eigenvalue weighted by atomic mass is 9.98. The van der Waals surface area contributed by atoms with Crippen molar-refractivity contribution < 1.29 is 37.1 Å². The highest BCUT2D eigenvalue weighted by Gasteiger charge is 2.38. The highest BCUT2D eigenvalue weighted by atomic mass is 19.4. The molecule has 2 aliphatic rings. The van der Waals surface area contributed by atoms with Gasteiger partial charge in [0.1, 0.15) is 17.3 Å². The van der Waals surface area contributed by atoms with E-state index in [1.165, 1.54) is 12.1 Å². The van der Waals surface area contributed by atoms with Crippen LogP contribution >= 0.6 is 0 Å².